The number of thiazole rings is 1. The average Bonchev–Trinajstić information content (AvgIpc) is 2.86. The van der Waals surface area contributed by atoms with Crippen molar-refractivity contribution in [2.45, 2.75) is 39.2 Å². The van der Waals surface area contributed by atoms with Gasteiger partial charge in [0.2, 0.25) is 0 Å². The number of hydrogen-bond donors (Lipinski definition) is 1. The predicted molar refractivity (Wildman–Crippen MR) is 82.7 cm³/mol. The van der Waals surface area contributed by atoms with E-state index in [0.29, 0.717) is 12.0 Å². The van der Waals surface area contributed by atoms with Crippen LogP contribution in [0, 0.1) is 18.6 Å². The summed E-state index contributed by atoms with van der Waals surface area (Å²) < 4.78 is 27.1. The molecule has 114 valence electrons. The van der Waals surface area contributed by atoms with E-state index in [-0.39, 0.29) is 6.04 Å². The fraction of sp³-hybridized carbons (Fsp3) is 0.438. The van der Waals surface area contributed by atoms with Crippen LogP contribution < -0.4 is 5.32 Å². The highest BCUT2D eigenvalue weighted by molar-refractivity contribution is 7.09. The second-order valence-electron chi connectivity index (χ2n) is 5.13. The molecule has 0 bridgehead atoms. The molecule has 0 spiro atoms. The van der Waals surface area contributed by atoms with Gasteiger partial charge in [0.15, 0.2) is 11.6 Å². The molecule has 0 amide bonds. The lowest BCUT2D eigenvalue weighted by Gasteiger charge is -2.18. The van der Waals surface area contributed by atoms with E-state index in [2.05, 4.69) is 17.2 Å². The monoisotopic (exact) mass is 310 g/mol. The molecule has 0 saturated heterocycles. The number of nitrogens with zero attached hydrogens (tertiary/aromatic N) is 1. The Labute approximate surface area is 128 Å². The van der Waals surface area contributed by atoms with Gasteiger partial charge in [-0.3, -0.25) is 0 Å². The molecule has 0 aliphatic heterocycles. The summed E-state index contributed by atoms with van der Waals surface area (Å²) in [6, 6.07) is 4.41. The topological polar surface area (TPSA) is 24.9 Å². The van der Waals surface area contributed by atoms with Crippen molar-refractivity contribution < 1.29 is 8.78 Å². The Morgan fingerprint density at radius 1 is 1.29 bits per heavy atom. The Balaban J connectivity index is 2.10. The summed E-state index contributed by atoms with van der Waals surface area (Å²) in [6.07, 6.45) is 2.18. The van der Waals surface area contributed by atoms with Crippen molar-refractivity contribution in [3.05, 3.63) is 51.5 Å². The van der Waals surface area contributed by atoms with Crippen molar-refractivity contribution in [3.63, 3.8) is 0 Å². The van der Waals surface area contributed by atoms with Gasteiger partial charge in [0, 0.05) is 17.8 Å². The summed E-state index contributed by atoms with van der Waals surface area (Å²) in [7, 11) is 0. The smallest absolute Gasteiger partial charge is 0.162 e. The quantitative estimate of drug-likeness (QED) is 0.839. The van der Waals surface area contributed by atoms with Gasteiger partial charge in [-0.2, -0.15) is 0 Å². The molecule has 21 heavy (non-hydrogen) atoms. The van der Waals surface area contributed by atoms with Crippen LogP contribution in [0.2, 0.25) is 0 Å². The van der Waals surface area contributed by atoms with Crippen molar-refractivity contribution in [1.29, 1.82) is 0 Å². The molecular weight excluding hydrogens is 290 g/mol. The van der Waals surface area contributed by atoms with Gasteiger partial charge < -0.3 is 5.32 Å². The molecule has 1 aromatic heterocycles. The lowest BCUT2D eigenvalue weighted by molar-refractivity contribution is 0.466. The highest BCUT2D eigenvalue weighted by atomic mass is 32.1. The molecule has 5 heteroatoms. The first kappa shape index (κ1) is 16.0. The van der Waals surface area contributed by atoms with Crippen LogP contribution in [0.25, 0.3) is 0 Å². The van der Waals surface area contributed by atoms with Crippen LogP contribution in [0.1, 0.15) is 29.6 Å². The summed E-state index contributed by atoms with van der Waals surface area (Å²) in [6.45, 7) is 4.90. The van der Waals surface area contributed by atoms with Crippen LogP contribution in [0.3, 0.4) is 0 Å². The number of hydrogen-bond acceptors (Lipinski definition) is 3. The van der Waals surface area contributed by atoms with Gasteiger partial charge in [0.05, 0.1) is 10.7 Å². The van der Waals surface area contributed by atoms with Gasteiger partial charge in [-0.05, 0) is 37.9 Å². The van der Waals surface area contributed by atoms with Crippen molar-refractivity contribution in [2.75, 3.05) is 6.54 Å². The third-order valence-corrected chi connectivity index (χ3v) is 4.13. The highest BCUT2D eigenvalue weighted by Gasteiger charge is 2.15. The van der Waals surface area contributed by atoms with Gasteiger partial charge in [0.25, 0.3) is 0 Å². The second-order valence-corrected chi connectivity index (χ2v) is 6.19. The van der Waals surface area contributed by atoms with Crippen LogP contribution in [0.5, 0.6) is 0 Å². The first-order valence-electron chi connectivity index (χ1n) is 7.17. The summed E-state index contributed by atoms with van der Waals surface area (Å²) >= 11 is 1.61. The Hall–Kier alpha value is -1.33. The van der Waals surface area contributed by atoms with E-state index in [1.54, 1.807) is 23.5 Å². The van der Waals surface area contributed by atoms with E-state index in [0.717, 1.165) is 36.2 Å². The lowest BCUT2D eigenvalue weighted by Crippen LogP contribution is -2.34. The molecule has 2 nitrogen and oxygen atoms in total. The minimum absolute atomic E-state index is 0.0581. The molecule has 1 heterocycles. The number of rotatable bonds is 7. The summed E-state index contributed by atoms with van der Waals surface area (Å²) in [5.74, 6) is -1.53. The Morgan fingerprint density at radius 2 is 2.10 bits per heavy atom. The molecule has 1 aromatic carbocycles. The number of halogens is 2. The van der Waals surface area contributed by atoms with E-state index in [4.69, 9.17) is 0 Å². The molecule has 2 aromatic rings. The third-order valence-electron chi connectivity index (χ3n) is 3.30. The van der Waals surface area contributed by atoms with Gasteiger partial charge in [-0.15, -0.1) is 11.3 Å². The highest BCUT2D eigenvalue weighted by Crippen LogP contribution is 2.16. The molecule has 0 radical (unpaired) electrons. The number of aryl methyl sites for hydroxylation is 1. The van der Waals surface area contributed by atoms with E-state index >= 15 is 0 Å². The first-order valence-corrected chi connectivity index (χ1v) is 8.05. The molecule has 0 aliphatic carbocycles. The fourth-order valence-electron chi connectivity index (χ4n) is 2.29. The molecule has 0 aliphatic rings. The standard InChI is InChI=1S/C16H20F2N2S/c1-3-7-19-13(9-14-10-21-11(2)20-14)8-12-5-4-6-15(17)16(12)18/h4-6,10,13,19H,3,7-9H2,1-2H3. The van der Waals surface area contributed by atoms with Gasteiger partial charge in [-0.1, -0.05) is 19.1 Å². The van der Waals surface area contributed by atoms with Crippen LogP contribution >= 0.6 is 11.3 Å². The largest absolute Gasteiger partial charge is 0.313 e. The van der Waals surface area contributed by atoms with Crippen LogP contribution in [-0.2, 0) is 12.8 Å². The zero-order valence-electron chi connectivity index (χ0n) is 12.3. The molecular formula is C16H20F2N2S. The normalized spacial score (nSPS) is 12.6. The Morgan fingerprint density at radius 3 is 2.76 bits per heavy atom. The van der Waals surface area contributed by atoms with Crippen molar-refractivity contribution in [3.8, 4) is 0 Å². The lowest BCUT2D eigenvalue weighted by atomic mass is 10.0. The average molecular weight is 310 g/mol. The second kappa shape index (κ2) is 7.61. The van der Waals surface area contributed by atoms with E-state index < -0.39 is 11.6 Å². The summed E-state index contributed by atoms with van der Waals surface area (Å²) in [5.41, 5.74) is 1.42. The van der Waals surface area contributed by atoms with Crippen LogP contribution in [0.4, 0.5) is 8.78 Å². The van der Waals surface area contributed by atoms with Crippen molar-refractivity contribution in [1.82, 2.24) is 10.3 Å². The zero-order valence-corrected chi connectivity index (χ0v) is 13.1. The van der Waals surface area contributed by atoms with E-state index in [1.165, 1.54) is 0 Å². The predicted octanol–water partition coefficient (Wildman–Crippen LogP) is 3.88. The SMILES string of the molecule is CCCNC(Cc1csc(C)n1)Cc1cccc(F)c1F. The zero-order chi connectivity index (χ0) is 15.2. The van der Waals surface area contributed by atoms with Gasteiger partial charge in [-0.25, -0.2) is 13.8 Å². The molecule has 2 rings (SSSR count). The van der Waals surface area contributed by atoms with Crippen LogP contribution in [0.15, 0.2) is 23.6 Å². The fourth-order valence-corrected chi connectivity index (χ4v) is 2.92. The summed E-state index contributed by atoms with van der Waals surface area (Å²) in [5, 5.41) is 6.45. The van der Waals surface area contributed by atoms with E-state index in [9.17, 15) is 8.78 Å². The Kier molecular flexibility index (Phi) is 5.82. The number of benzene rings is 1. The first-order chi connectivity index (χ1) is 10.1. The van der Waals surface area contributed by atoms with Crippen molar-refractivity contribution in [2.24, 2.45) is 0 Å². The van der Waals surface area contributed by atoms with Crippen LogP contribution in [-0.4, -0.2) is 17.6 Å². The maximum atomic E-state index is 13.8. The molecule has 0 fully saturated rings. The Bertz CT molecular complexity index is 583. The third kappa shape index (κ3) is 4.58. The van der Waals surface area contributed by atoms with E-state index in [1.807, 2.05) is 12.3 Å². The maximum Gasteiger partial charge on any atom is 0.162 e. The number of nitrogens with one attached hydrogen (secondary N) is 1. The minimum atomic E-state index is -0.786. The maximum absolute atomic E-state index is 13.8. The molecule has 0 saturated carbocycles. The molecule has 1 N–H and O–H groups in total. The molecule has 1 unspecified atom stereocenters. The minimum Gasteiger partial charge on any atom is -0.313 e. The summed E-state index contributed by atoms with van der Waals surface area (Å²) in [4.78, 5) is 4.45. The van der Waals surface area contributed by atoms with Crippen molar-refractivity contribution >= 4 is 11.3 Å². The van der Waals surface area contributed by atoms with Gasteiger partial charge in [0.1, 0.15) is 0 Å². The van der Waals surface area contributed by atoms with Gasteiger partial charge >= 0.3 is 0 Å². The number of aromatic nitrogens is 1. The molecule has 1 atom stereocenters.